The molecule has 0 heteroatoms. The van der Waals surface area contributed by atoms with E-state index in [9.17, 15) is 0 Å². The minimum Gasteiger partial charge on any atom is -0.0726 e. The summed E-state index contributed by atoms with van der Waals surface area (Å²) < 4.78 is 0. The Hall–Kier alpha value is -2.26. The zero-order chi connectivity index (χ0) is 19.6. The zero-order valence-corrected chi connectivity index (χ0v) is 17.6. The van der Waals surface area contributed by atoms with Gasteiger partial charge in [0.1, 0.15) is 0 Å². The van der Waals surface area contributed by atoms with Gasteiger partial charge in [0, 0.05) is 5.56 Å². The third kappa shape index (κ3) is 6.13. The van der Waals surface area contributed by atoms with E-state index < -0.39 is 0 Å². The number of rotatable bonds is 7. The van der Waals surface area contributed by atoms with Crippen LogP contribution >= 0.6 is 0 Å². The van der Waals surface area contributed by atoms with Crippen LogP contribution in [0.4, 0.5) is 0 Å². The Labute approximate surface area is 172 Å². The molecule has 2 aromatic rings. The highest BCUT2D eigenvalue weighted by Gasteiger charge is 2.12. The molecule has 0 saturated carbocycles. The summed E-state index contributed by atoms with van der Waals surface area (Å²) in [5.74, 6) is 7.67. The highest BCUT2D eigenvalue weighted by atomic mass is 14.2. The second-order valence-corrected chi connectivity index (χ2v) is 8.14. The maximum atomic E-state index is 3.42. The van der Waals surface area contributed by atoms with Crippen molar-refractivity contribution < 1.29 is 0 Å². The van der Waals surface area contributed by atoms with E-state index in [1.165, 1.54) is 67.2 Å². The minimum atomic E-state index is 0.889. The quantitative estimate of drug-likeness (QED) is 0.342. The summed E-state index contributed by atoms with van der Waals surface area (Å²) in [6.07, 6.45) is 13.9. The van der Waals surface area contributed by atoms with Crippen molar-refractivity contribution in [3.63, 3.8) is 0 Å². The molecule has 0 radical (unpaired) electrons. The molecule has 1 unspecified atom stereocenters. The summed E-state index contributed by atoms with van der Waals surface area (Å²) in [5.41, 5.74) is 6.41. The summed E-state index contributed by atoms with van der Waals surface area (Å²) in [7, 11) is 0. The van der Waals surface area contributed by atoms with Crippen LogP contribution in [0, 0.1) is 17.8 Å². The van der Waals surface area contributed by atoms with Crippen molar-refractivity contribution >= 4 is 0 Å². The van der Waals surface area contributed by atoms with Gasteiger partial charge in [-0.15, -0.1) is 0 Å². The maximum Gasteiger partial charge on any atom is 0.0249 e. The molecule has 0 bridgehead atoms. The number of hydrogen-bond acceptors (Lipinski definition) is 0. The third-order valence-corrected chi connectivity index (χ3v) is 5.81. The Bertz CT molecular complexity index is 809. The molecule has 0 amide bonds. The molecule has 3 rings (SSSR count). The van der Waals surface area contributed by atoms with Crippen LogP contribution in [-0.4, -0.2) is 0 Å². The van der Waals surface area contributed by atoms with Crippen LogP contribution in [0.5, 0.6) is 0 Å². The molecule has 0 N–H and O–H groups in total. The predicted molar refractivity (Wildman–Crippen MR) is 122 cm³/mol. The lowest BCUT2D eigenvalue weighted by molar-refractivity contribution is 0.420. The summed E-state index contributed by atoms with van der Waals surface area (Å²) in [6.45, 7) is 4.51. The standard InChI is InChI=1S/C28H34/c1-3-5-6-8-24-9-11-25(12-10-24)13-14-26-17-21-28(22-18-26)27-19-15-23(7-4-2)16-20-27/h11,15-22,24H,3-10,12H2,1-2H3. The molecule has 1 aliphatic carbocycles. The molecule has 0 saturated heterocycles. The van der Waals surface area contributed by atoms with Crippen molar-refractivity contribution in [3.8, 4) is 23.0 Å². The molecule has 0 nitrogen and oxygen atoms in total. The van der Waals surface area contributed by atoms with Gasteiger partial charge in [0.15, 0.2) is 0 Å². The summed E-state index contributed by atoms with van der Waals surface area (Å²) in [4.78, 5) is 0. The van der Waals surface area contributed by atoms with E-state index in [0.717, 1.165) is 24.3 Å². The summed E-state index contributed by atoms with van der Waals surface area (Å²) >= 11 is 0. The minimum absolute atomic E-state index is 0.889. The molecule has 0 aromatic heterocycles. The van der Waals surface area contributed by atoms with Crippen LogP contribution in [0.3, 0.4) is 0 Å². The SMILES string of the molecule is CCCCCC1CC=C(C#Cc2ccc(-c3ccc(CCC)cc3)cc2)CC1. The Kier molecular flexibility index (Phi) is 7.98. The van der Waals surface area contributed by atoms with Crippen LogP contribution in [-0.2, 0) is 6.42 Å². The molecular formula is C28H34. The molecule has 0 heterocycles. The van der Waals surface area contributed by atoms with Crippen LogP contribution < -0.4 is 0 Å². The van der Waals surface area contributed by atoms with Gasteiger partial charge >= 0.3 is 0 Å². The number of unbranched alkanes of at least 4 members (excludes halogenated alkanes) is 2. The first kappa shape index (κ1) is 20.5. The molecule has 0 aliphatic heterocycles. The highest BCUT2D eigenvalue weighted by Crippen LogP contribution is 2.27. The molecule has 1 atom stereocenters. The fourth-order valence-corrected chi connectivity index (χ4v) is 4.00. The smallest absolute Gasteiger partial charge is 0.0249 e. The fourth-order valence-electron chi connectivity index (χ4n) is 4.00. The third-order valence-electron chi connectivity index (χ3n) is 5.81. The Morgan fingerprint density at radius 2 is 1.54 bits per heavy atom. The molecule has 146 valence electrons. The fraction of sp³-hybridized carbons (Fsp3) is 0.429. The first-order valence-corrected chi connectivity index (χ1v) is 11.2. The van der Waals surface area contributed by atoms with Crippen molar-refractivity contribution in [2.45, 2.75) is 71.6 Å². The Morgan fingerprint density at radius 3 is 2.14 bits per heavy atom. The van der Waals surface area contributed by atoms with Crippen molar-refractivity contribution in [3.05, 3.63) is 71.3 Å². The average Bonchev–Trinajstić information content (AvgIpc) is 2.75. The second kappa shape index (κ2) is 10.9. The van der Waals surface area contributed by atoms with E-state index in [1.54, 1.807) is 0 Å². The van der Waals surface area contributed by atoms with E-state index in [1.807, 2.05) is 0 Å². The van der Waals surface area contributed by atoms with Crippen molar-refractivity contribution in [1.29, 1.82) is 0 Å². The first-order valence-electron chi connectivity index (χ1n) is 11.2. The molecule has 1 aliphatic rings. The van der Waals surface area contributed by atoms with Crippen LogP contribution in [0.1, 0.15) is 76.3 Å². The predicted octanol–water partition coefficient (Wildman–Crippen LogP) is 7.96. The van der Waals surface area contributed by atoms with Crippen LogP contribution in [0.25, 0.3) is 11.1 Å². The molecule has 0 spiro atoms. The Morgan fingerprint density at radius 1 is 0.821 bits per heavy atom. The number of hydrogen-bond donors (Lipinski definition) is 0. The average molecular weight is 371 g/mol. The summed E-state index contributed by atoms with van der Waals surface area (Å²) in [5, 5.41) is 0. The normalized spacial score (nSPS) is 16.2. The number of benzene rings is 2. The summed E-state index contributed by atoms with van der Waals surface area (Å²) in [6, 6.07) is 17.6. The molecule has 0 fully saturated rings. The molecular weight excluding hydrogens is 336 g/mol. The largest absolute Gasteiger partial charge is 0.0726 e. The number of allylic oxidation sites excluding steroid dienone is 2. The van der Waals surface area contributed by atoms with Gasteiger partial charge in [-0.1, -0.05) is 100 Å². The monoisotopic (exact) mass is 370 g/mol. The Balaban J connectivity index is 1.56. The van der Waals surface area contributed by atoms with Gasteiger partial charge < -0.3 is 0 Å². The van der Waals surface area contributed by atoms with E-state index >= 15 is 0 Å². The van der Waals surface area contributed by atoms with Gasteiger partial charge in [-0.3, -0.25) is 0 Å². The topological polar surface area (TPSA) is 0 Å². The second-order valence-electron chi connectivity index (χ2n) is 8.14. The van der Waals surface area contributed by atoms with Crippen molar-refractivity contribution in [2.24, 2.45) is 5.92 Å². The van der Waals surface area contributed by atoms with Gasteiger partial charge in [-0.2, -0.15) is 0 Å². The maximum absolute atomic E-state index is 3.42. The van der Waals surface area contributed by atoms with Gasteiger partial charge in [-0.25, -0.2) is 0 Å². The number of aryl methyl sites for hydroxylation is 1. The van der Waals surface area contributed by atoms with Gasteiger partial charge in [-0.05, 0) is 66.0 Å². The molecule has 28 heavy (non-hydrogen) atoms. The zero-order valence-electron chi connectivity index (χ0n) is 17.6. The van der Waals surface area contributed by atoms with Gasteiger partial charge in [0.05, 0.1) is 0 Å². The van der Waals surface area contributed by atoms with Gasteiger partial charge in [0.2, 0.25) is 0 Å². The van der Waals surface area contributed by atoms with E-state index in [4.69, 9.17) is 0 Å². The molecule has 2 aromatic carbocycles. The lowest BCUT2D eigenvalue weighted by Crippen LogP contribution is -2.05. The van der Waals surface area contributed by atoms with Crippen molar-refractivity contribution in [1.82, 2.24) is 0 Å². The highest BCUT2D eigenvalue weighted by molar-refractivity contribution is 5.64. The first-order chi connectivity index (χ1) is 13.8. The van der Waals surface area contributed by atoms with E-state index in [-0.39, 0.29) is 0 Å². The van der Waals surface area contributed by atoms with Crippen LogP contribution in [0.2, 0.25) is 0 Å². The lowest BCUT2D eigenvalue weighted by atomic mass is 9.86. The van der Waals surface area contributed by atoms with E-state index in [0.29, 0.717) is 0 Å². The van der Waals surface area contributed by atoms with E-state index in [2.05, 4.69) is 80.3 Å². The van der Waals surface area contributed by atoms with Gasteiger partial charge in [0.25, 0.3) is 0 Å². The van der Waals surface area contributed by atoms with Crippen LogP contribution in [0.15, 0.2) is 60.2 Å². The lowest BCUT2D eigenvalue weighted by Gasteiger charge is -2.19. The van der Waals surface area contributed by atoms with Crippen molar-refractivity contribution in [2.75, 3.05) is 0 Å².